The fourth-order valence-electron chi connectivity index (χ4n) is 1.02. The number of hydrogen-bond donors (Lipinski definition) is 1. The quantitative estimate of drug-likeness (QED) is 0.684. The van der Waals surface area contributed by atoms with Gasteiger partial charge in [-0.25, -0.2) is 5.43 Å². The van der Waals surface area contributed by atoms with Crippen LogP contribution in [0.25, 0.3) is 6.08 Å². The van der Waals surface area contributed by atoms with E-state index in [1.54, 1.807) is 6.07 Å². The summed E-state index contributed by atoms with van der Waals surface area (Å²) in [5.41, 5.74) is 3.26. The number of halogens is 1. The third-order valence-electron chi connectivity index (χ3n) is 1.72. The van der Waals surface area contributed by atoms with Crippen LogP contribution in [0.15, 0.2) is 39.9 Å². The number of hydrogen-bond acceptors (Lipinski definition) is 3. The number of rotatable bonds is 4. The Labute approximate surface area is 108 Å². The predicted octanol–water partition coefficient (Wildman–Crippen LogP) is 2.44. The van der Waals surface area contributed by atoms with Gasteiger partial charge in [0.15, 0.2) is 0 Å². The van der Waals surface area contributed by atoms with Gasteiger partial charge in [-0.3, -0.25) is 4.79 Å². The second kappa shape index (κ2) is 7.36. The maximum absolute atomic E-state index is 10.9. The smallest absolute Gasteiger partial charge is 0.254 e. The van der Waals surface area contributed by atoms with Crippen molar-refractivity contribution < 1.29 is 4.79 Å². The van der Waals surface area contributed by atoms with E-state index >= 15 is 0 Å². The molecule has 1 rings (SSSR count). The number of carbonyl (C=O) groups is 1. The van der Waals surface area contributed by atoms with Gasteiger partial charge in [0.05, 0.1) is 12.3 Å². The molecule has 0 saturated heterocycles. The summed E-state index contributed by atoms with van der Waals surface area (Å²) in [6, 6.07) is 11.4. The highest BCUT2D eigenvalue weighted by molar-refractivity contribution is 9.12. The lowest BCUT2D eigenvalue weighted by atomic mass is 10.2. The summed E-state index contributed by atoms with van der Waals surface area (Å²) in [7, 11) is 0. The number of amides is 1. The van der Waals surface area contributed by atoms with E-state index in [4.69, 9.17) is 5.26 Å². The van der Waals surface area contributed by atoms with Gasteiger partial charge in [0.2, 0.25) is 0 Å². The maximum Gasteiger partial charge on any atom is 0.254 e. The second-order valence-corrected chi connectivity index (χ2v) is 3.98. The molecule has 0 radical (unpaired) electrons. The van der Waals surface area contributed by atoms with Crippen LogP contribution in [-0.4, -0.2) is 12.1 Å². The second-order valence-electron chi connectivity index (χ2n) is 3.07. The number of carbonyl (C=O) groups excluding carboxylic acids is 1. The van der Waals surface area contributed by atoms with Crippen LogP contribution in [0.5, 0.6) is 0 Å². The number of hydrazone groups is 1. The molecular formula is C12H10BrN3O. The maximum atomic E-state index is 10.9. The molecule has 4 nitrogen and oxygen atoms in total. The molecule has 86 valence electrons. The molecule has 0 unspecified atom stereocenters. The highest BCUT2D eigenvalue weighted by Crippen LogP contribution is 2.09. The topological polar surface area (TPSA) is 65.2 Å². The Balaban J connectivity index is 2.52. The van der Waals surface area contributed by atoms with Crippen molar-refractivity contribution in [3.05, 3.63) is 40.4 Å². The predicted molar refractivity (Wildman–Crippen MR) is 70.2 cm³/mol. The third kappa shape index (κ3) is 5.64. The van der Waals surface area contributed by atoms with E-state index in [0.29, 0.717) is 0 Å². The lowest BCUT2D eigenvalue weighted by Crippen LogP contribution is -2.15. The normalized spacial score (nSPS) is 11.2. The molecule has 5 heteroatoms. The molecule has 0 fully saturated rings. The molecule has 17 heavy (non-hydrogen) atoms. The number of benzene rings is 1. The van der Waals surface area contributed by atoms with Crippen molar-refractivity contribution in [3.8, 4) is 6.07 Å². The zero-order valence-corrected chi connectivity index (χ0v) is 10.5. The van der Waals surface area contributed by atoms with Crippen molar-refractivity contribution in [2.75, 3.05) is 0 Å². The van der Waals surface area contributed by atoms with Crippen molar-refractivity contribution in [2.24, 2.45) is 5.10 Å². The summed E-state index contributed by atoms with van der Waals surface area (Å²) in [6.45, 7) is 0. The Morgan fingerprint density at radius 1 is 1.47 bits per heavy atom. The Bertz CT molecular complexity index is 474. The first kappa shape index (κ1) is 13.1. The van der Waals surface area contributed by atoms with E-state index in [0.717, 1.165) is 10.0 Å². The fraction of sp³-hybridized carbons (Fsp3) is 0.0833. The van der Waals surface area contributed by atoms with Gasteiger partial charge in [0.25, 0.3) is 5.91 Å². The van der Waals surface area contributed by atoms with Crippen molar-refractivity contribution in [2.45, 2.75) is 6.42 Å². The molecule has 0 heterocycles. The summed E-state index contributed by atoms with van der Waals surface area (Å²) in [4.78, 5) is 10.9. The number of nitrogens with one attached hydrogen (secondary N) is 1. The van der Waals surface area contributed by atoms with Crippen LogP contribution in [-0.2, 0) is 4.79 Å². The van der Waals surface area contributed by atoms with Gasteiger partial charge in [0, 0.05) is 4.48 Å². The van der Waals surface area contributed by atoms with E-state index in [2.05, 4.69) is 26.5 Å². The third-order valence-corrected chi connectivity index (χ3v) is 2.15. The van der Waals surface area contributed by atoms with Crippen LogP contribution in [0.1, 0.15) is 12.0 Å². The Morgan fingerprint density at radius 3 is 2.82 bits per heavy atom. The number of nitrogens with zero attached hydrogens (tertiary/aromatic N) is 2. The molecule has 0 spiro atoms. The van der Waals surface area contributed by atoms with Crippen LogP contribution in [0.2, 0.25) is 0 Å². The van der Waals surface area contributed by atoms with Gasteiger partial charge >= 0.3 is 0 Å². The fourth-order valence-corrected chi connectivity index (χ4v) is 1.39. The van der Waals surface area contributed by atoms with E-state index in [-0.39, 0.29) is 6.42 Å². The van der Waals surface area contributed by atoms with Crippen LogP contribution in [0, 0.1) is 11.3 Å². The van der Waals surface area contributed by atoms with E-state index in [1.807, 2.05) is 36.4 Å². The molecule has 1 amide bonds. The zero-order chi connectivity index (χ0) is 12.5. The summed E-state index contributed by atoms with van der Waals surface area (Å²) < 4.78 is 0.723. The lowest BCUT2D eigenvalue weighted by molar-refractivity contribution is -0.120. The molecule has 0 aromatic heterocycles. The number of allylic oxidation sites excluding steroid dienone is 1. The van der Waals surface area contributed by atoms with Crippen molar-refractivity contribution in [1.82, 2.24) is 5.43 Å². The number of nitriles is 1. The van der Waals surface area contributed by atoms with Crippen molar-refractivity contribution in [1.29, 1.82) is 5.26 Å². The van der Waals surface area contributed by atoms with Gasteiger partial charge in [-0.05, 0) is 27.6 Å². The Hall–Kier alpha value is -1.93. The van der Waals surface area contributed by atoms with Crippen LogP contribution >= 0.6 is 15.9 Å². The molecule has 0 saturated carbocycles. The Kier molecular flexibility index (Phi) is 5.69. The minimum atomic E-state index is -0.427. The zero-order valence-electron chi connectivity index (χ0n) is 8.93. The van der Waals surface area contributed by atoms with Gasteiger partial charge in [-0.1, -0.05) is 30.3 Å². The summed E-state index contributed by atoms with van der Waals surface area (Å²) >= 11 is 3.30. The lowest BCUT2D eigenvalue weighted by Gasteiger charge is -1.94. The molecule has 0 aliphatic carbocycles. The van der Waals surface area contributed by atoms with Gasteiger partial charge in [-0.15, -0.1) is 0 Å². The average Bonchev–Trinajstić information content (AvgIpc) is 2.30. The molecule has 1 N–H and O–H groups in total. The Morgan fingerprint density at radius 2 is 2.18 bits per heavy atom. The molecule has 0 aliphatic rings. The van der Waals surface area contributed by atoms with E-state index < -0.39 is 5.91 Å². The largest absolute Gasteiger partial charge is 0.272 e. The van der Waals surface area contributed by atoms with Gasteiger partial charge in [-0.2, -0.15) is 10.4 Å². The van der Waals surface area contributed by atoms with Crippen LogP contribution < -0.4 is 5.43 Å². The summed E-state index contributed by atoms with van der Waals surface area (Å²) in [6.07, 6.45) is 3.12. The molecule has 1 aromatic rings. The molecular weight excluding hydrogens is 282 g/mol. The monoisotopic (exact) mass is 291 g/mol. The van der Waals surface area contributed by atoms with Crippen molar-refractivity contribution >= 4 is 34.1 Å². The van der Waals surface area contributed by atoms with Gasteiger partial charge in [0.1, 0.15) is 6.42 Å². The molecule has 0 bridgehead atoms. The minimum absolute atomic E-state index is 0.197. The first-order valence-electron chi connectivity index (χ1n) is 4.83. The molecule has 1 aromatic carbocycles. The minimum Gasteiger partial charge on any atom is -0.272 e. The highest BCUT2D eigenvalue weighted by Gasteiger charge is 1.95. The first-order chi connectivity index (χ1) is 8.22. The standard InChI is InChI=1S/C12H10BrN3O/c13-11(8-10-4-2-1-3-5-10)9-15-16-12(17)6-7-14/h1-5,8-9H,6H2,(H,16,17)/b11-8+,15-9+. The molecule has 0 atom stereocenters. The van der Waals surface area contributed by atoms with Crippen molar-refractivity contribution in [3.63, 3.8) is 0 Å². The van der Waals surface area contributed by atoms with Crippen LogP contribution in [0.4, 0.5) is 0 Å². The van der Waals surface area contributed by atoms with Gasteiger partial charge < -0.3 is 0 Å². The SMILES string of the molecule is N#CCC(=O)N/N=C/C(Br)=C\c1ccccc1. The summed E-state index contributed by atoms with van der Waals surface area (Å²) in [5.74, 6) is -0.427. The van der Waals surface area contributed by atoms with E-state index in [9.17, 15) is 4.79 Å². The van der Waals surface area contributed by atoms with Crippen LogP contribution in [0.3, 0.4) is 0 Å². The van der Waals surface area contributed by atoms with E-state index in [1.165, 1.54) is 6.21 Å². The summed E-state index contributed by atoms with van der Waals surface area (Å²) in [5, 5.41) is 12.0. The molecule has 0 aliphatic heterocycles. The first-order valence-corrected chi connectivity index (χ1v) is 5.63. The highest BCUT2D eigenvalue weighted by atomic mass is 79.9. The average molecular weight is 292 g/mol.